The van der Waals surface area contributed by atoms with Gasteiger partial charge in [0.25, 0.3) is 0 Å². The largest absolute Gasteiger partial charge is 0.327 e. The summed E-state index contributed by atoms with van der Waals surface area (Å²) in [5, 5.41) is 4.25. The third-order valence-corrected chi connectivity index (χ3v) is 3.54. The summed E-state index contributed by atoms with van der Waals surface area (Å²) in [7, 11) is 0. The average molecular weight is 326 g/mol. The van der Waals surface area contributed by atoms with Crippen molar-refractivity contribution in [3.8, 4) is 0 Å². The molecule has 0 amide bonds. The Morgan fingerprint density at radius 2 is 2.26 bits per heavy atom. The standard InChI is InChI=1S/C14H17BrFN3/c1-2-13(17)5-10-7-18-19(8-10)9-11-6-12(15)3-4-14(11)16/h3-4,6-8,13H,2,5,9,17H2,1H3. The molecule has 1 aromatic heterocycles. The Morgan fingerprint density at radius 1 is 1.47 bits per heavy atom. The summed E-state index contributed by atoms with van der Waals surface area (Å²) in [6, 6.07) is 5.07. The van der Waals surface area contributed by atoms with Gasteiger partial charge in [0.05, 0.1) is 12.7 Å². The molecule has 0 saturated carbocycles. The molecule has 0 radical (unpaired) electrons. The molecule has 0 aliphatic rings. The van der Waals surface area contributed by atoms with Gasteiger partial charge in [0.1, 0.15) is 5.82 Å². The van der Waals surface area contributed by atoms with Crippen LogP contribution >= 0.6 is 15.9 Å². The zero-order valence-electron chi connectivity index (χ0n) is 10.8. The van der Waals surface area contributed by atoms with Gasteiger partial charge in [-0.3, -0.25) is 4.68 Å². The first kappa shape index (κ1) is 14.2. The molecule has 2 N–H and O–H groups in total. The Kier molecular flexibility index (Phi) is 4.71. The number of hydrogen-bond acceptors (Lipinski definition) is 2. The van der Waals surface area contributed by atoms with Gasteiger partial charge in [-0.1, -0.05) is 22.9 Å². The number of nitrogens with zero attached hydrogens (tertiary/aromatic N) is 2. The van der Waals surface area contributed by atoms with Crippen LogP contribution in [0.1, 0.15) is 24.5 Å². The van der Waals surface area contributed by atoms with Gasteiger partial charge in [-0.15, -0.1) is 0 Å². The minimum absolute atomic E-state index is 0.153. The van der Waals surface area contributed by atoms with Crippen molar-refractivity contribution in [2.24, 2.45) is 5.73 Å². The van der Waals surface area contributed by atoms with E-state index in [4.69, 9.17) is 5.73 Å². The van der Waals surface area contributed by atoms with E-state index in [1.807, 2.05) is 6.20 Å². The van der Waals surface area contributed by atoms with E-state index in [0.717, 1.165) is 22.9 Å². The molecule has 2 rings (SSSR count). The number of aromatic nitrogens is 2. The highest BCUT2D eigenvalue weighted by atomic mass is 79.9. The highest BCUT2D eigenvalue weighted by Gasteiger charge is 2.07. The highest BCUT2D eigenvalue weighted by molar-refractivity contribution is 9.10. The van der Waals surface area contributed by atoms with Crippen LogP contribution in [0.2, 0.25) is 0 Å². The van der Waals surface area contributed by atoms with Crippen molar-refractivity contribution in [2.75, 3.05) is 0 Å². The molecule has 102 valence electrons. The van der Waals surface area contributed by atoms with Crippen molar-refractivity contribution in [2.45, 2.75) is 32.4 Å². The van der Waals surface area contributed by atoms with Crippen LogP contribution in [0.5, 0.6) is 0 Å². The Bertz CT molecular complexity index is 553. The van der Waals surface area contributed by atoms with Gasteiger partial charge in [-0.25, -0.2) is 4.39 Å². The average Bonchev–Trinajstić information content (AvgIpc) is 2.81. The molecule has 0 saturated heterocycles. The fraction of sp³-hybridized carbons (Fsp3) is 0.357. The maximum atomic E-state index is 13.6. The molecule has 1 unspecified atom stereocenters. The first-order chi connectivity index (χ1) is 9.08. The van der Waals surface area contributed by atoms with E-state index >= 15 is 0 Å². The lowest BCUT2D eigenvalue weighted by Gasteiger charge is -2.06. The molecular weight excluding hydrogens is 309 g/mol. The predicted octanol–water partition coefficient (Wildman–Crippen LogP) is 3.11. The minimum Gasteiger partial charge on any atom is -0.327 e. The van der Waals surface area contributed by atoms with Crippen molar-refractivity contribution in [1.82, 2.24) is 9.78 Å². The lowest BCUT2D eigenvalue weighted by molar-refractivity contribution is 0.584. The van der Waals surface area contributed by atoms with E-state index in [1.54, 1.807) is 23.0 Å². The molecule has 5 heteroatoms. The number of rotatable bonds is 5. The molecule has 0 aliphatic carbocycles. The van der Waals surface area contributed by atoms with Crippen LogP contribution in [-0.2, 0) is 13.0 Å². The molecule has 2 aromatic rings. The topological polar surface area (TPSA) is 43.8 Å². The Balaban J connectivity index is 2.09. The second-order valence-corrected chi connectivity index (χ2v) is 5.57. The molecule has 1 atom stereocenters. The molecule has 1 aromatic carbocycles. The zero-order chi connectivity index (χ0) is 13.8. The van der Waals surface area contributed by atoms with Crippen molar-refractivity contribution >= 4 is 15.9 Å². The van der Waals surface area contributed by atoms with E-state index in [1.165, 1.54) is 6.07 Å². The van der Waals surface area contributed by atoms with Gasteiger partial charge in [-0.2, -0.15) is 5.10 Å². The van der Waals surface area contributed by atoms with E-state index < -0.39 is 0 Å². The van der Waals surface area contributed by atoms with Crippen LogP contribution in [-0.4, -0.2) is 15.8 Å². The minimum atomic E-state index is -0.217. The van der Waals surface area contributed by atoms with Crippen LogP contribution < -0.4 is 5.73 Å². The summed E-state index contributed by atoms with van der Waals surface area (Å²) in [5.74, 6) is -0.217. The lowest BCUT2D eigenvalue weighted by atomic mass is 10.1. The second kappa shape index (κ2) is 6.30. The zero-order valence-corrected chi connectivity index (χ0v) is 12.4. The fourth-order valence-corrected chi connectivity index (χ4v) is 2.29. The molecule has 19 heavy (non-hydrogen) atoms. The van der Waals surface area contributed by atoms with Crippen molar-refractivity contribution in [3.63, 3.8) is 0 Å². The van der Waals surface area contributed by atoms with Crippen molar-refractivity contribution < 1.29 is 4.39 Å². The summed E-state index contributed by atoms with van der Waals surface area (Å²) in [6.45, 7) is 2.48. The first-order valence-corrected chi connectivity index (χ1v) is 7.08. The predicted molar refractivity (Wildman–Crippen MR) is 77.4 cm³/mol. The smallest absolute Gasteiger partial charge is 0.128 e. The van der Waals surface area contributed by atoms with Crippen LogP contribution in [0.3, 0.4) is 0 Å². The summed E-state index contributed by atoms with van der Waals surface area (Å²) in [5.41, 5.74) is 7.61. The van der Waals surface area contributed by atoms with E-state index in [-0.39, 0.29) is 11.9 Å². The SMILES string of the molecule is CCC(N)Cc1cnn(Cc2cc(Br)ccc2F)c1. The highest BCUT2D eigenvalue weighted by Crippen LogP contribution is 2.16. The van der Waals surface area contributed by atoms with Crippen LogP contribution in [0.15, 0.2) is 35.1 Å². The molecule has 0 fully saturated rings. The number of nitrogens with two attached hydrogens (primary N) is 1. The summed E-state index contributed by atoms with van der Waals surface area (Å²) in [4.78, 5) is 0. The first-order valence-electron chi connectivity index (χ1n) is 6.29. The Hall–Kier alpha value is -1.20. The number of halogens is 2. The molecule has 0 aliphatic heterocycles. The molecule has 3 nitrogen and oxygen atoms in total. The van der Waals surface area contributed by atoms with Crippen LogP contribution in [0, 0.1) is 5.82 Å². The maximum absolute atomic E-state index is 13.6. The van der Waals surface area contributed by atoms with Crippen molar-refractivity contribution in [1.29, 1.82) is 0 Å². The monoisotopic (exact) mass is 325 g/mol. The fourth-order valence-electron chi connectivity index (χ4n) is 1.88. The quantitative estimate of drug-likeness (QED) is 0.917. The number of benzene rings is 1. The van der Waals surface area contributed by atoms with Crippen LogP contribution in [0.4, 0.5) is 4.39 Å². The molecular formula is C14H17BrFN3. The molecule has 0 spiro atoms. The van der Waals surface area contributed by atoms with E-state index in [2.05, 4.69) is 28.0 Å². The van der Waals surface area contributed by atoms with Crippen molar-refractivity contribution in [3.05, 3.63) is 52.0 Å². The van der Waals surface area contributed by atoms with Gasteiger partial charge in [-0.05, 0) is 36.6 Å². The lowest BCUT2D eigenvalue weighted by Crippen LogP contribution is -2.21. The Labute approximate surface area is 120 Å². The second-order valence-electron chi connectivity index (χ2n) is 4.65. The maximum Gasteiger partial charge on any atom is 0.128 e. The van der Waals surface area contributed by atoms with Gasteiger partial charge in [0, 0.05) is 22.3 Å². The van der Waals surface area contributed by atoms with Crippen LogP contribution in [0.25, 0.3) is 0 Å². The summed E-state index contributed by atoms with van der Waals surface area (Å²) < 4.78 is 16.2. The molecule has 1 heterocycles. The van der Waals surface area contributed by atoms with Gasteiger partial charge in [0.15, 0.2) is 0 Å². The van der Waals surface area contributed by atoms with E-state index in [0.29, 0.717) is 12.1 Å². The van der Waals surface area contributed by atoms with Gasteiger partial charge in [0.2, 0.25) is 0 Å². The van der Waals surface area contributed by atoms with E-state index in [9.17, 15) is 4.39 Å². The normalized spacial score (nSPS) is 12.6. The number of hydrogen-bond donors (Lipinski definition) is 1. The summed E-state index contributed by atoms with van der Waals surface area (Å²) >= 11 is 3.34. The third kappa shape index (κ3) is 3.88. The molecule has 0 bridgehead atoms. The Morgan fingerprint density at radius 3 is 3.00 bits per heavy atom. The third-order valence-electron chi connectivity index (χ3n) is 3.05. The van der Waals surface area contributed by atoms with Gasteiger partial charge < -0.3 is 5.73 Å². The summed E-state index contributed by atoms with van der Waals surface area (Å²) in [6.07, 6.45) is 5.46. The van der Waals surface area contributed by atoms with Gasteiger partial charge >= 0.3 is 0 Å².